The van der Waals surface area contributed by atoms with Gasteiger partial charge in [-0.1, -0.05) is 12.5 Å². The van der Waals surface area contributed by atoms with Crippen LogP contribution >= 0.6 is 0 Å². The van der Waals surface area contributed by atoms with E-state index in [1.54, 1.807) is 23.1 Å². The van der Waals surface area contributed by atoms with Crippen molar-refractivity contribution in [2.45, 2.75) is 25.3 Å². The van der Waals surface area contributed by atoms with Crippen LogP contribution in [0, 0.1) is 0 Å². The van der Waals surface area contributed by atoms with E-state index in [2.05, 4.69) is 39.0 Å². The zero-order valence-corrected chi connectivity index (χ0v) is 15.6. The van der Waals surface area contributed by atoms with Gasteiger partial charge in [0.15, 0.2) is 0 Å². The first-order valence-corrected chi connectivity index (χ1v) is 9.09. The molecule has 0 amide bonds. The number of nitrogens with zero attached hydrogens (tertiary/aromatic N) is 6. The van der Waals surface area contributed by atoms with Crippen LogP contribution in [-0.2, 0) is 0 Å². The molecule has 5 rings (SSSR count). The third-order valence-electron chi connectivity index (χ3n) is 5.02. The van der Waals surface area contributed by atoms with Gasteiger partial charge in [-0.25, -0.2) is 9.50 Å². The van der Waals surface area contributed by atoms with Crippen LogP contribution in [0.4, 0.5) is 5.95 Å². The lowest BCUT2D eigenvalue weighted by molar-refractivity contribution is 0.193. The van der Waals surface area contributed by atoms with Gasteiger partial charge in [-0.05, 0) is 50.7 Å². The SMILES string of the molecule is CN(C)C1CCC1.Nc1ncc2c(-c3ccc4nccnc4c3)ccn2n1. The molecule has 1 saturated carbocycles. The molecule has 1 aromatic carbocycles. The number of hydrogen-bond acceptors (Lipinski definition) is 6. The fourth-order valence-electron chi connectivity index (χ4n) is 3.19. The van der Waals surface area contributed by atoms with Gasteiger partial charge in [0.2, 0.25) is 5.95 Å². The third-order valence-corrected chi connectivity index (χ3v) is 5.02. The van der Waals surface area contributed by atoms with Crippen LogP contribution in [0.1, 0.15) is 19.3 Å². The summed E-state index contributed by atoms with van der Waals surface area (Å²) in [7, 11) is 4.31. The molecular formula is C20H23N7. The van der Waals surface area contributed by atoms with E-state index >= 15 is 0 Å². The molecule has 3 heterocycles. The van der Waals surface area contributed by atoms with Crippen molar-refractivity contribution in [2.75, 3.05) is 19.8 Å². The second kappa shape index (κ2) is 7.28. The van der Waals surface area contributed by atoms with E-state index in [1.807, 2.05) is 30.5 Å². The fraction of sp³-hybridized carbons (Fsp3) is 0.300. The standard InChI is InChI=1S/C14H10N6.C6H13N/c15-14-18-8-13-10(3-6-20(13)19-14)9-1-2-11-12(7-9)17-5-4-16-11;1-7(2)6-4-3-5-6/h1-8H,(H2,15,19);6H,3-5H2,1-2H3. The van der Waals surface area contributed by atoms with E-state index in [9.17, 15) is 0 Å². The Kier molecular flexibility index (Phi) is 4.68. The van der Waals surface area contributed by atoms with E-state index in [4.69, 9.17) is 5.73 Å². The fourth-order valence-corrected chi connectivity index (χ4v) is 3.19. The molecule has 2 N–H and O–H groups in total. The molecule has 1 aliphatic rings. The Bertz CT molecular complexity index is 1070. The summed E-state index contributed by atoms with van der Waals surface area (Å²) in [6, 6.07) is 8.89. The quantitative estimate of drug-likeness (QED) is 0.591. The Balaban J connectivity index is 0.000000218. The Labute approximate surface area is 157 Å². The number of anilines is 1. The molecule has 7 heteroatoms. The van der Waals surface area contributed by atoms with Gasteiger partial charge in [0.1, 0.15) is 0 Å². The maximum absolute atomic E-state index is 5.58. The van der Waals surface area contributed by atoms with Gasteiger partial charge in [-0.2, -0.15) is 0 Å². The van der Waals surface area contributed by atoms with Crippen molar-refractivity contribution >= 4 is 22.5 Å². The first-order chi connectivity index (χ1) is 13.1. The highest BCUT2D eigenvalue weighted by Crippen LogP contribution is 2.27. The van der Waals surface area contributed by atoms with Crippen molar-refractivity contribution in [1.29, 1.82) is 0 Å². The zero-order valence-electron chi connectivity index (χ0n) is 15.6. The summed E-state index contributed by atoms with van der Waals surface area (Å²) in [5, 5.41) is 4.14. The first kappa shape index (κ1) is 17.4. The molecule has 0 aliphatic heterocycles. The first-order valence-electron chi connectivity index (χ1n) is 9.09. The maximum atomic E-state index is 5.58. The van der Waals surface area contributed by atoms with Crippen LogP contribution < -0.4 is 5.73 Å². The molecular weight excluding hydrogens is 338 g/mol. The second-order valence-electron chi connectivity index (χ2n) is 6.98. The van der Waals surface area contributed by atoms with Crippen molar-refractivity contribution < 1.29 is 0 Å². The molecule has 1 fully saturated rings. The van der Waals surface area contributed by atoms with Gasteiger partial charge >= 0.3 is 0 Å². The van der Waals surface area contributed by atoms with E-state index in [1.165, 1.54) is 19.3 Å². The summed E-state index contributed by atoms with van der Waals surface area (Å²) in [5.41, 5.74) is 10.3. The van der Waals surface area contributed by atoms with Gasteiger partial charge in [0.05, 0.1) is 22.7 Å². The van der Waals surface area contributed by atoms with E-state index in [0.717, 1.165) is 33.7 Å². The van der Waals surface area contributed by atoms with Crippen LogP contribution in [0.2, 0.25) is 0 Å². The molecule has 4 aromatic rings. The van der Waals surface area contributed by atoms with Crippen molar-refractivity contribution in [3.63, 3.8) is 0 Å². The largest absolute Gasteiger partial charge is 0.367 e. The van der Waals surface area contributed by atoms with Gasteiger partial charge in [-0.15, -0.1) is 5.10 Å². The lowest BCUT2D eigenvalue weighted by Gasteiger charge is -2.31. The smallest absolute Gasteiger partial charge is 0.238 e. The Morgan fingerprint density at radius 3 is 2.48 bits per heavy atom. The summed E-state index contributed by atoms with van der Waals surface area (Å²) < 4.78 is 1.72. The molecule has 0 atom stereocenters. The predicted octanol–water partition coefficient (Wildman–Crippen LogP) is 3.02. The number of aromatic nitrogens is 5. The number of rotatable bonds is 2. The summed E-state index contributed by atoms with van der Waals surface area (Å²) in [6.45, 7) is 0. The Morgan fingerprint density at radius 2 is 1.81 bits per heavy atom. The monoisotopic (exact) mass is 361 g/mol. The minimum atomic E-state index is 0.254. The van der Waals surface area contributed by atoms with E-state index in [-0.39, 0.29) is 5.95 Å². The molecule has 1 aliphatic carbocycles. The average Bonchev–Trinajstić information content (AvgIpc) is 3.03. The molecule has 0 bridgehead atoms. The minimum absolute atomic E-state index is 0.254. The summed E-state index contributed by atoms with van der Waals surface area (Å²) in [4.78, 5) is 14.9. The minimum Gasteiger partial charge on any atom is -0.367 e. The van der Waals surface area contributed by atoms with Gasteiger partial charge in [0, 0.05) is 30.2 Å². The number of benzene rings is 1. The molecule has 7 nitrogen and oxygen atoms in total. The maximum Gasteiger partial charge on any atom is 0.238 e. The normalized spacial score (nSPS) is 14.2. The number of hydrogen-bond donors (Lipinski definition) is 1. The highest BCUT2D eigenvalue weighted by atomic mass is 15.3. The van der Waals surface area contributed by atoms with Crippen LogP contribution in [0.25, 0.3) is 27.7 Å². The zero-order chi connectivity index (χ0) is 18.8. The van der Waals surface area contributed by atoms with Crippen molar-refractivity contribution in [2.24, 2.45) is 0 Å². The van der Waals surface area contributed by atoms with E-state index < -0.39 is 0 Å². The van der Waals surface area contributed by atoms with Crippen molar-refractivity contribution in [1.82, 2.24) is 29.5 Å². The van der Waals surface area contributed by atoms with E-state index in [0.29, 0.717) is 0 Å². The summed E-state index contributed by atoms with van der Waals surface area (Å²) in [5.74, 6) is 0.254. The Hall–Kier alpha value is -3.06. The van der Waals surface area contributed by atoms with Crippen molar-refractivity contribution in [3.05, 3.63) is 49.1 Å². The van der Waals surface area contributed by atoms with Crippen LogP contribution in [0.15, 0.2) is 49.1 Å². The Morgan fingerprint density at radius 1 is 1.04 bits per heavy atom. The van der Waals surface area contributed by atoms with Crippen LogP contribution in [0.5, 0.6) is 0 Å². The van der Waals surface area contributed by atoms with Crippen LogP contribution in [0.3, 0.4) is 0 Å². The predicted molar refractivity (Wildman–Crippen MR) is 107 cm³/mol. The third kappa shape index (κ3) is 3.59. The number of nitrogen functional groups attached to an aromatic ring is 1. The molecule has 0 unspecified atom stereocenters. The average molecular weight is 361 g/mol. The lowest BCUT2D eigenvalue weighted by Crippen LogP contribution is -2.33. The summed E-state index contributed by atoms with van der Waals surface area (Å²) >= 11 is 0. The van der Waals surface area contributed by atoms with Gasteiger partial charge in [0.25, 0.3) is 0 Å². The molecule has 3 aromatic heterocycles. The van der Waals surface area contributed by atoms with Crippen LogP contribution in [-0.4, -0.2) is 49.6 Å². The highest BCUT2D eigenvalue weighted by molar-refractivity contribution is 5.86. The molecule has 0 radical (unpaired) electrons. The molecule has 0 spiro atoms. The second-order valence-corrected chi connectivity index (χ2v) is 6.98. The van der Waals surface area contributed by atoms with Gasteiger partial charge < -0.3 is 10.6 Å². The lowest BCUT2D eigenvalue weighted by atomic mass is 9.92. The van der Waals surface area contributed by atoms with Crippen molar-refractivity contribution in [3.8, 4) is 11.1 Å². The number of fused-ring (bicyclic) bond motifs is 2. The number of nitrogens with two attached hydrogens (primary N) is 1. The molecule has 0 saturated heterocycles. The highest BCUT2D eigenvalue weighted by Gasteiger charge is 2.18. The molecule has 27 heavy (non-hydrogen) atoms. The topological polar surface area (TPSA) is 85.2 Å². The molecule has 138 valence electrons. The summed E-state index contributed by atoms with van der Waals surface area (Å²) in [6.07, 6.45) is 11.3. The van der Waals surface area contributed by atoms with Gasteiger partial charge in [-0.3, -0.25) is 9.97 Å².